The highest BCUT2D eigenvalue weighted by molar-refractivity contribution is 6.42. The van der Waals surface area contributed by atoms with Gasteiger partial charge in [-0.3, -0.25) is 4.90 Å². The smallest absolute Gasteiger partial charge is 0.318 e. The van der Waals surface area contributed by atoms with Crippen LogP contribution in [-0.2, 0) is 0 Å². The molecule has 7 heteroatoms. The average molecular weight is 381 g/mol. The lowest BCUT2D eigenvalue weighted by Gasteiger charge is -2.43. The largest absolute Gasteiger partial charge is 0.325 e. The van der Waals surface area contributed by atoms with Crippen molar-refractivity contribution < 1.29 is 4.79 Å². The molecule has 0 radical (unpaired) electrons. The van der Waals surface area contributed by atoms with E-state index < -0.39 is 0 Å². The fourth-order valence-electron chi connectivity index (χ4n) is 2.90. The van der Waals surface area contributed by atoms with Crippen molar-refractivity contribution in [1.29, 1.82) is 0 Å². The summed E-state index contributed by atoms with van der Waals surface area (Å²) in [6.07, 6.45) is 0. The number of hydrogen-bond donors (Lipinski definition) is 2. The van der Waals surface area contributed by atoms with Crippen LogP contribution in [0.3, 0.4) is 0 Å². The molecule has 0 saturated carbocycles. The summed E-state index contributed by atoms with van der Waals surface area (Å²) in [5.74, 6) is 6.05. The maximum absolute atomic E-state index is 12.4. The van der Waals surface area contributed by atoms with Gasteiger partial charge in [-0.25, -0.2) is 4.79 Å². The van der Waals surface area contributed by atoms with E-state index in [0.29, 0.717) is 16.1 Å². The number of carbonyl (C=O) groups excluding carboxylic acids is 1. The molecule has 0 spiro atoms. The van der Waals surface area contributed by atoms with Crippen LogP contribution in [0.2, 0.25) is 10.0 Å². The Labute approximate surface area is 158 Å². The van der Waals surface area contributed by atoms with Crippen molar-refractivity contribution in [2.45, 2.75) is 19.0 Å². The molecule has 2 amide bonds. The molecule has 3 rings (SSSR count). The molecule has 2 heterocycles. The van der Waals surface area contributed by atoms with E-state index in [9.17, 15) is 4.79 Å². The van der Waals surface area contributed by atoms with Crippen LogP contribution < -0.4 is 10.6 Å². The number of carbonyl (C=O) groups is 1. The summed E-state index contributed by atoms with van der Waals surface area (Å²) in [4.78, 5) is 16.7. The lowest BCUT2D eigenvalue weighted by Crippen LogP contribution is -2.62. The second-order valence-corrected chi connectivity index (χ2v) is 7.22. The molecule has 0 aromatic heterocycles. The van der Waals surface area contributed by atoms with Crippen LogP contribution in [0.25, 0.3) is 0 Å². The molecule has 1 aromatic carbocycles. The first-order chi connectivity index (χ1) is 12.0. The number of benzene rings is 1. The van der Waals surface area contributed by atoms with E-state index in [4.69, 9.17) is 23.2 Å². The molecule has 2 N–H and O–H groups in total. The zero-order valence-electron chi connectivity index (χ0n) is 14.2. The molecule has 1 aromatic rings. The van der Waals surface area contributed by atoms with Crippen molar-refractivity contribution in [2.24, 2.45) is 0 Å². The molecule has 2 aliphatic heterocycles. The van der Waals surface area contributed by atoms with Crippen LogP contribution >= 0.6 is 23.2 Å². The third-order valence-corrected chi connectivity index (χ3v) is 5.31. The van der Waals surface area contributed by atoms with Gasteiger partial charge < -0.3 is 15.5 Å². The Bertz CT molecular complexity index is 688. The Morgan fingerprint density at radius 2 is 1.96 bits per heavy atom. The van der Waals surface area contributed by atoms with Gasteiger partial charge in [0.1, 0.15) is 0 Å². The van der Waals surface area contributed by atoms with Gasteiger partial charge >= 0.3 is 6.03 Å². The molecule has 25 heavy (non-hydrogen) atoms. The van der Waals surface area contributed by atoms with Crippen molar-refractivity contribution in [3.8, 4) is 11.8 Å². The second kappa shape index (κ2) is 8.29. The van der Waals surface area contributed by atoms with Crippen molar-refractivity contribution in [1.82, 2.24) is 20.4 Å². The third kappa shape index (κ3) is 4.80. The third-order valence-electron chi connectivity index (χ3n) is 4.57. The Kier molecular flexibility index (Phi) is 6.08. The number of halogens is 2. The fourth-order valence-corrected chi connectivity index (χ4v) is 3.20. The predicted molar refractivity (Wildman–Crippen MR) is 101 cm³/mol. The summed E-state index contributed by atoms with van der Waals surface area (Å²) in [7, 11) is 0. The lowest BCUT2D eigenvalue weighted by atomic mass is 10.1. The number of piperazine rings is 1. The quantitative estimate of drug-likeness (QED) is 0.771. The minimum Gasteiger partial charge on any atom is -0.325 e. The van der Waals surface area contributed by atoms with Gasteiger partial charge in [-0.05, 0) is 25.1 Å². The van der Waals surface area contributed by atoms with Crippen molar-refractivity contribution in [2.75, 3.05) is 39.3 Å². The summed E-state index contributed by atoms with van der Waals surface area (Å²) >= 11 is 11.9. The lowest BCUT2D eigenvalue weighted by molar-refractivity contribution is 0.0842. The van der Waals surface area contributed by atoms with Crippen LogP contribution in [0.4, 0.5) is 4.79 Å². The average Bonchev–Trinajstić information content (AvgIpc) is 2.55. The van der Waals surface area contributed by atoms with Crippen molar-refractivity contribution >= 4 is 29.2 Å². The second-order valence-electron chi connectivity index (χ2n) is 6.40. The molecule has 2 saturated heterocycles. The summed E-state index contributed by atoms with van der Waals surface area (Å²) in [6, 6.07) is 5.60. The van der Waals surface area contributed by atoms with Gasteiger partial charge in [-0.2, -0.15) is 0 Å². The first kappa shape index (κ1) is 18.3. The van der Waals surface area contributed by atoms with Crippen LogP contribution in [-0.4, -0.2) is 67.2 Å². The number of rotatable bonds is 2. The van der Waals surface area contributed by atoms with Gasteiger partial charge in [0.05, 0.1) is 16.1 Å². The standard InChI is InChI=1S/C18H22Cl2N4O/c1-13(2-3-14-4-5-16(19)17(20)10-14)22-18(25)24-8-6-23(7-9-24)15-11-21-12-15/h4-5,10,13,15,21H,6-9,11-12H2,1H3,(H,22,25). The number of urea groups is 1. The van der Waals surface area contributed by atoms with Gasteiger partial charge in [0.25, 0.3) is 0 Å². The highest BCUT2D eigenvalue weighted by Gasteiger charge is 2.29. The number of nitrogens with zero attached hydrogens (tertiary/aromatic N) is 2. The van der Waals surface area contributed by atoms with Crippen molar-refractivity contribution in [3.63, 3.8) is 0 Å². The number of nitrogens with one attached hydrogen (secondary N) is 2. The molecule has 0 bridgehead atoms. The minimum atomic E-state index is -0.240. The number of amides is 2. The predicted octanol–water partition coefficient (Wildman–Crippen LogP) is 2.03. The Hall–Kier alpha value is -1.45. The van der Waals surface area contributed by atoms with E-state index in [1.165, 1.54) is 0 Å². The van der Waals surface area contributed by atoms with E-state index in [0.717, 1.165) is 44.8 Å². The molecule has 1 unspecified atom stereocenters. The van der Waals surface area contributed by atoms with Gasteiger partial charge in [0.15, 0.2) is 0 Å². The molecule has 5 nitrogen and oxygen atoms in total. The normalized spacial score (nSPS) is 19.6. The van der Waals surface area contributed by atoms with Crippen LogP contribution in [0.5, 0.6) is 0 Å². The van der Waals surface area contributed by atoms with E-state index in [1.807, 2.05) is 17.9 Å². The zero-order chi connectivity index (χ0) is 17.8. The topological polar surface area (TPSA) is 47.6 Å². The van der Waals surface area contributed by atoms with Crippen molar-refractivity contribution in [3.05, 3.63) is 33.8 Å². The first-order valence-corrected chi connectivity index (χ1v) is 9.25. The highest BCUT2D eigenvalue weighted by atomic mass is 35.5. The van der Waals surface area contributed by atoms with E-state index in [2.05, 4.69) is 27.4 Å². The summed E-state index contributed by atoms with van der Waals surface area (Å²) in [5, 5.41) is 7.21. The van der Waals surface area contributed by atoms with E-state index in [1.54, 1.807) is 12.1 Å². The molecule has 1 atom stereocenters. The van der Waals surface area contributed by atoms with Gasteiger partial charge in [-0.1, -0.05) is 35.0 Å². The summed E-state index contributed by atoms with van der Waals surface area (Å²) < 4.78 is 0. The molecule has 2 fully saturated rings. The monoisotopic (exact) mass is 380 g/mol. The maximum atomic E-state index is 12.4. The van der Waals surface area contributed by atoms with Gasteiger partial charge in [0.2, 0.25) is 0 Å². The van der Waals surface area contributed by atoms with Crippen LogP contribution in [0.15, 0.2) is 18.2 Å². The Balaban J connectivity index is 1.47. The molecular formula is C18H22Cl2N4O. The first-order valence-electron chi connectivity index (χ1n) is 8.50. The highest BCUT2D eigenvalue weighted by Crippen LogP contribution is 2.22. The molecule has 0 aliphatic carbocycles. The Morgan fingerprint density at radius 1 is 1.24 bits per heavy atom. The van der Waals surface area contributed by atoms with Crippen LogP contribution in [0, 0.1) is 11.8 Å². The van der Waals surface area contributed by atoms with E-state index >= 15 is 0 Å². The summed E-state index contributed by atoms with van der Waals surface area (Å²) in [5.41, 5.74) is 0.776. The molecule has 134 valence electrons. The van der Waals surface area contributed by atoms with Gasteiger partial charge in [0, 0.05) is 50.9 Å². The minimum absolute atomic E-state index is 0.0534. The van der Waals surface area contributed by atoms with E-state index in [-0.39, 0.29) is 12.1 Å². The molecular weight excluding hydrogens is 359 g/mol. The van der Waals surface area contributed by atoms with Crippen LogP contribution in [0.1, 0.15) is 12.5 Å². The zero-order valence-corrected chi connectivity index (χ0v) is 15.7. The SMILES string of the molecule is CC(C#Cc1ccc(Cl)c(Cl)c1)NC(=O)N1CCN(C2CNC2)CC1. The fraction of sp³-hybridized carbons (Fsp3) is 0.500. The molecule has 2 aliphatic rings. The summed E-state index contributed by atoms with van der Waals surface area (Å²) in [6.45, 7) is 7.39. The Morgan fingerprint density at radius 3 is 2.56 bits per heavy atom. The maximum Gasteiger partial charge on any atom is 0.318 e. The van der Waals surface area contributed by atoms with Gasteiger partial charge in [-0.15, -0.1) is 0 Å². The number of hydrogen-bond acceptors (Lipinski definition) is 3.